The molecule has 3 aromatic rings. The second kappa shape index (κ2) is 9.98. The monoisotopic (exact) mass is 447 g/mol. The third kappa shape index (κ3) is 5.13. The molecule has 4 rings (SSSR count). The quantitative estimate of drug-likeness (QED) is 0.541. The Balaban J connectivity index is 1.51. The fraction of sp³-hybridized carbons (Fsp3) is 0.385. The van der Waals surface area contributed by atoms with Crippen molar-refractivity contribution >= 4 is 22.9 Å². The number of fused-ring (bicyclic) bond motifs is 1. The van der Waals surface area contributed by atoms with E-state index in [4.69, 9.17) is 4.74 Å². The lowest BCUT2D eigenvalue weighted by atomic mass is 9.90. The van der Waals surface area contributed by atoms with Crippen molar-refractivity contribution in [1.82, 2.24) is 14.5 Å². The molecular weight excluding hydrogens is 418 g/mol. The average molecular weight is 448 g/mol. The van der Waals surface area contributed by atoms with Crippen LogP contribution < -0.4 is 5.43 Å². The second-order valence-electron chi connectivity index (χ2n) is 8.56. The predicted molar refractivity (Wildman–Crippen MR) is 126 cm³/mol. The number of hydrogen-bond acceptors (Lipinski definition) is 5. The highest BCUT2D eigenvalue weighted by molar-refractivity contribution is 5.93. The molecule has 1 aliphatic heterocycles. The lowest BCUT2D eigenvalue weighted by Gasteiger charge is -2.32. The molecule has 2 aromatic heterocycles. The number of hydrogen-bond donors (Lipinski definition) is 0. The Hall–Kier alpha value is -3.48. The summed E-state index contributed by atoms with van der Waals surface area (Å²) in [5.41, 5.74) is 1.95. The molecule has 0 spiro atoms. The standard InChI is InChI=1S/C26H29N3O4/c1-3-33-26(32)22-16-29(25-21(24(22)31)10-9-18(2)27-25)17-23(30)28-13-11-20(12-14-28)15-19-7-5-4-6-8-19/h4-10,16,20H,3,11-15,17H2,1-2H3. The molecule has 0 atom stereocenters. The maximum atomic E-state index is 13.1. The molecule has 0 radical (unpaired) electrons. The number of carbonyl (C=O) groups excluding carboxylic acids is 2. The molecule has 1 aromatic carbocycles. The lowest BCUT2D eigenvalue weighted by Crippen LogP contribution is -2.41. The fourth-order valence-corrected chi connectivity index (χ4v) is 4.41. The van der Waals surface area contributed by atoms with Crippen LogP contribution in [0.2, 0.25) is 0 Å². The summed E-state index contributed by atoms with van der Waals surface area (Å²) in [5, 5.41) is 0.306. The van der Waals surface area contributed by atoms with E-state index in [1.54, 1.807) is 23.6 Å². The van der Waals surface area contributed by atoms with Crippen LogP contribution in [0.1, 0.15) is 41.4 Å². The third-order valence-electron chi connectivity index (χ3n) is 6.20. The number of amides is 1. The molecule has 1 amide bonds. The first kappa shape index (κ1) is 22.7. The SMILES string of the molecule is CCOC(=O)c1cn(CC(=O)N2CCC(Cc3ccccc3)CC2)c2nc(C)ccc2c1=O. The van der Waals surface area contributed by atoms with Crippen molar-refractivity contribution in [3.8, 4) is 0 Å². The average Bonchev–Trinajstić information content (AvgIpc) is 2.82. The molecule has 0 saturated carbocycles. The van der Waals surface area contributed by atoms with Gasteiger partial charge in [-0.15, -0.1) is 0 Å². The van der Waals surface area contributed by atoms with E-state index in [1.165, 1.54) is 11.8 Å². The van der Waals surface area contributed by atoms with Gasteiger partial charge in [-0.2, -0.15) is 0 Å². The lowest BCUT2D eigenvalue weighted by molar-refractivity contribution is -0.133. The van der Waals surface area contributed by atoms with E-state index in [-0.39, 0.29) is 24.6 Å². The largest absolute Gasteiger partial charge is 0.462 e. The molecule has 3 heterocycles. The van der Waals surface area contributed by atoms with E-state index in [1.807, 2.05) is 17.9 Å². The summed E-state index contributed by atoms with van der Waals surface area (Å²) in [6, 6.07) is 13.8. The van der Waals surface area contributed by atoms with Crippen LogP contribution in [0.3, 0.4) is 0 Å². The molecule has 1 aliphatic rings. The number of piperidine rings is 1. The number of aryl methyl sites for hydroxylation is 1. The maximum absolute atomic E-state index is 13.1. The number of pyridine rings is 2. The highest BCUT2D eigenvalue weighted by atomic mass is 16.5. The molecule has 0 aliphatic carbocycles. The van der Waals surface area contributed by atoms with Gasteiger partial charge in [-0.1, -0.05) is 30.3 Å². The van der Waals surface area contributed by atoms with Crippen molar-refractivity contribution in [3.63, 3.8) is 0 Å². The minimum Gasteiger partial charge on any atom is -0.462 e. The molecule has 1 saturated heterocycles. The van der Waals surface area contributed by atoms with Gasteiger partial charge in [-0.3, -0.25) is 9.59 Å². The number of ether oxygens (including phenoxy) is 1. The summed E-state index contributed by atoms with van der Waals surface area (Å²) in [7, 11) is 0. The summed E-state index contributed by atoms with van der Waals surface area (Å²) >= 11 is 0. The van der Waals surface area contributed by atoms with Crippen LogP contribution in [-0.4, -0.2) is 46.0 Å². The van der Waals surface area contributed by atoms with E-state index in [0.717, 1.165) is 25.0 Å². The van der Waals surface area contributed by atoms with Crippen molar-refractivity contribution in [2.45, 2.75) is 39.7 Å². The molecule has 33 heavy (non-hydrogen) atoms. The second-order valence-corrected chi connectivity index (χ2v) is 8.56. The Morgan fingerprint density at radius 2 is 1.82 bits per heavy atom. The molecule has 0 bridgehead atoms. The zero-order chi connectivity index (χ0) is 23.4. The van der Waals surface area contributed by atoms with Gasteiger partial charge in [0.05, 0.1) is 12.0 Å². The number of likely N-dealkylation sites (tertiary alicyclic amines) is 1. The Labute approximate surface area is 193 Å². The Bertz CT molecular complexity index is 1210. The van der Waals surface area contributed by atoms with Gasteiger partial charge >= 0.3 is 5.97 Å². The smallest absolute Gasteiger partial charge is 0.343 e. The van der Waals surface area contributed by atoms with E-state index in [0.29, 0.717) is 30.0 Å². The Morgan fingerprint density at radius 3 is 2.52 bits per heavy atom. The molecular formula is C26H29N3O4. The topological polar surface area (TPSA) is 81.5 Å². The van der Waals surface area contributed by atoms with Gasteiger partial charge in [0.1, 0.15) is 17.8 Å². The number of rotatable bonds is 6. The summed E-state index contributed by atoms with van der Waals surface area (Å²) in [6.45, 7) is 5.10. The molecule has 0 N–H and O–H groups in total. The third-order valence-corrected chi connectivity index (χ3v) is 6.20. The number of aromatic nitrogens is 2. The molecule has 172 valence electrons. The normalized spacial score (nSPS) is 14.4. The van der Waals surface area contributed by atoms with Crippen molar-refractivity contribution in [1.29, 1.82) is 0 Å². The molecule has 7 heteroatoms. The van der Waals surface area contributed by atoms with Gasteiger partial charge in [0.25, 0.3) is 0 Å². The number of benzene rings is 1. The van der Waals surface area contributed by atoms with E-state index in [2.05, 4.69) is 29.2 Å². The van der Waals surface area contributed by atoms with Gasteiger partial charge in [0.15, 0.2) is 0 Å². The summed E-state index contributed by atoms with van der Waals surface area (Å²) < 4.78 is 6.66. The molecule has 7 nitrogen and oxygen atoms in total. The van der Waals surface area contributed by atoms with Crippen LogP contribution in [0, 0.1) is 12.8 Å². The van der Waals surface area contributed by atoms with E-state index in [9.17, 15) is 14.4 Å². The van der Waals surface area contributed by atoms with Crippen molar-refractivity contribution in [2.24, 2.45) is 5.92 Å². The van der Waals surface area contributed by atoms with Gasteiger partial charge < -0.3 is 14.2 Å². The predicted octanol–water partition coefficient (Wildman–Crippen LogP) is 3.36. The molecule has 1 fully saturated rings. The molecule has 0 unspecified atom stereocenters. The zero-order valence-electron chi connectivity index (χ0n) is 19.1. The van der Waals surface area contributed by atoms with Crippen LogP contribution in [0.25, 0.3) is 11.0 Å². The van der Waals surface area contributed by atoms with Crippen molar-refractivity contribution < 1.29 is 14.3 Å². The number of carbonyl (C=O) groups is 2. The Kier molecular flexibility index (Phi) is 6.87. The van der Waals surface area contributed by atoms with Crippen LogP contribution in [0.4, 0.5) is 0 Å². The van der Waals surface area contributed by atoms with Crippen LogP contribution >= 0.6 is 0 Å². The fourth-order valence-electron chi connectivity index (χ4n) is 4.41. The first-order chi connectivity index (χ1) is 16.0. The van der Waals surface area contributed by atoms with Crippen molar-refractivity contribution in [2.75, 3.05) is 19.7 Å². The first-order valence-electron chi connectivity index (χ1n) is 11.5. The van der Waals surface area contributed by atoms with Crippen molar-refractivity contribution in [3.05, 3.63) is 75.7 Å². The summed E-state index contributed by atoms with van der Waals surface area (Å²) in [4.78, 5) is 44.7. The zero-order valence-corrected chi connectivity index (χ0v) is 19.1. The minimum atomic E-state index is -0.687. The summed E-state index contributed by atoms with van der Waals surface area (Å²) in [6.07, 6.45) is 4.35. The van der Waals surface area contributed by atoms with Gasteiger partial charge in [-0.05, 0) is 56.7 Å². The first-order valence-corrected chi connectivity index (χ1v) is 11.5. The van der Waals surface area contributed by atoms with Gasteiger partial charge in [-0.25, -0.2) is 9.78 Å². The maximum Gasteiger partial charge on any atom is 0.343 e. The highest BCUT2D eigenvalue weighted by Gasteiger charge is 2.24. The Morgan fingerprint density at radius 1 is 1.09 bits per heavy atom. The van der Waals surface area contributed by atoms with Crippen LogP contribution in [0.15, 0.2) is 53.5 Å². The number of nitrogens with zero attached hydrogens (tertiary/aromatic N) is 3. The highest BCUT2D eigenvalue weighted by Crippen LogP contribution is 2.22. The van der Waals surface area contributed by atoms with Crippen LogP contribution in [-0.2, 0) is 22.5 Å². The summed E-state index contributed by atoms with van der Waals surface area (Å²) in [5.74, 6) is -0.173. The van der Waals surface area contributed by atoms with E-state index >= 15 is 0 Å². The number of esters is 1. The van der Waals surface area contributed by atoms with E-state index < -0.39 is 11.4 Å². The minimum absolute atomic E-state index is 0.0169. The van der Waals surface area contributed by atoms with Gasteiger partial charge in [0.2, 0.25) is 11.3 Å². The van der Waals surface area contributed by atoms with Crippen LogP contribution in [0.5, 0.6) is 0 Å². The van der Waals surface area contributed by atoms with Gasteiger partial charge in [0, 0.05) is 25.0 Å².